The van der Waals surface area contributed by atoms with E-state index in [1.807, 2.05) is 80.6 Å². The van der Waals surface area contributed by atoms with Gasteiger partial charge in [-0.1, -0.05) is 72.4 Å². The summed E-state index contributed by atoms with van der Waals surface area (Å²) in [6.45, 7) is 3.88. The van der Waals surface area contributed by atoms with Gasteiger partial charge in [-0.3, -0.25) is 14.2 Å². The monoisotopic (exact) mass is 473 g/mol. The van der Waals surface area contributed by atoms with Crippen LogP contribution in [0.15, 0.2) is 99.2 Å². The summed E-state index contributed by atoms with van der Waals surface area (Å²) < 4.78 is 6.66. The maximum Gasteiger partial charge on any atom is 0.320 e. The number of amides is 1. The van der Waals surface area contributed by atoms with Crippen molar-refractivity contribution in [1.29, 1.82) is 0 Å². The molecular weight excluding hydrogens is 450 g/mol. The number of hydrogen-bond donors (Lipinski definition) is 0. The third kappa shape index (κ3) is 5.68. The summed E-state index contributed by atoms with van der Waals surface area (Å²) in [5.41, 5.74) is 1.98. The predicted octanol–water partition coefficient (Wildman–Crippen LogP) is 3.67. The lowest BCUT2D eigenvalue weighted by molar-refractivity contribution is -0.779. The molecule has 2 aromatic carbocycles. The minimum atomic E-state index is -0.415. The Kier molecular flexibility index (Phi) is 7.34. The van der Waals surface area contributed by atoms with Crippen LogP contribution in [0.1, 0.15) is 25.5 Å². The van der Waals surface area contributed by atoms with Gasteiger partial charge in [-0.15, -0.1) is 0 Å². The SMILES string of the molecule is CC(C)[n+]1cc(/N=C(\[O-])CSC2=N/C(=C/C=C/c3ccccc3)C(=O)N2c2ccccc2)on1. The molecule has 0 aliphatic carbocycles. The average molecular weight is 474 g/mol. The third-order valence-corrected chi connectivity index (χ3v) is 5.67. The fraction of sp³-hybridized carbons (Fsp3) is 0.160. The molecule has 0 fully saturated rings. The number of anilines is 1. The number of aromatic nitrogens is 2. The molecule has 2 heterocycles. The summed E-state index contributed by atoms with van der Waals surface area (Å²) in [5, 5.41) is 16.7. The van der Waals surface area contributed by atoms with Crippen LogP contribution in [0.3, 0.4) is 0 Å². The van der Waals surface area contributed by atoms with Gasteiger partial charge < -0.3 is 5.11 Å². The van der Waals surface area contributed by atoms with E-state index in [9.17, 15) is 9.90 Å². The van der Waals surface area contributed by atoms with Crippen molar-refractivity contribution in [2.45, 2.75) is 19.9 Å². The summed E-state index contributed by atoms with van der Waals surface area (Å²) in [5.74, 6) is -0.550. The number of benzene rings is 2. The molecule has 1 aliphatic heterocycles. The number of amidine groups is 1. The number of carbonyl (C=O) groups is 1. The molecule has 1 aliphatic rings. The molecule has 9 heteroatoms. The molecule has 3 aromatic rings. The van der Waals surface area contributed by atoms with Crippen molar-refractivity contribution in [3.8, 4) is 0 Å². The van der Waals surface area contributed by atoms with Gasteiger partial charge in [0.05, 0.1) is 5.69 Å². The number of allylic oxidation sites excluding steroid dienone is 2. The van der Waals surface area contributed by atoms with E-state index in [4.69, 9.17) is 4.52 Å². The second kappa shape index (κ2) is 10.8. The molecule has 0 saturated heterocycles. The lowest BCUT2D eigenvalue weighted by Gasteiger charge is -2.18. The van der Waals surface area contributed by atoms with Gasteiger partial charge in [0.1, 0.15) is 5.70 Å². The molecule has 1 aromatic heterocycles. The van der Waals surface area contributed by atoms with Crippen LogP contribution in [0.2, 0.25) is 0 Å². The van der Waals surface area contributed by atoms with E-state index in [1.165, 1.54) is 4.90 Å². The zero-order chi connectivity index (χ0) is 23.9. The largest absolute Gasteiger partial charge is 0.861 e. The average Bonchev–Trinajstić information content (AvgIpc) is 3.43. The van der Waals surface area contributed by atoms with Gasteiger partial charge in [0, 0.05) is 5.75 Å². The van der Waals surface area contributed by atoms with Crippen LogP contribution < -0.4 is 14.7 Å². The Morgan fingerprint density at radius 1 is 1.18 bits per heavy atom. The van der Waals surface area contributed by atoms with E-state index in [0.717, 1.165) is 17.3 Å². The van der Waals surface area contributed by atoms with Crippen molar-refractivity contribution in [3.63, 3.8) is 0 Å². The standard InChI is InChI=1S/C25H23N5O3S/c1-18(2)29-16-23(33-28-29)27-22(31)17-34-25-26-21(15-9-12-19-10-5-3-6-11-19)24(32)30(25)20-13-7-4-8-14-20/h3-16,18H,17H2,1-2H3/b12-9+,21-15+. The zero-order valence-electron chi connectivity index (χ0n) is 18.7. The third-order valence-electron chi connectivity index (χ3n) is 4.75. The van der Waals surface area contributed by atoms with Gasteiger partial charge in [-0.05, 0) is 48.2 Å². The van der Waals surface area contributed by atoms with Crippen LogP contribution in [0, 0.1) is 0 Å². The van der Waals surface area contributed by atoms with E-state index in [0.29, 0.717) is 10.9 Å². The summed E-state index contributed by atoms with van der Waals surface area (Å²) >= 11 is 1.14. The molecule has 34 heavy (non-hydrogen) atoms. The van der Waals surface area contributed by atoms with Crippen LogP contribution in [0.5, 0.6) is 0 Å². The molecule has 0 bridgehead atoms. The zero-order valence-corrected chi connectivity index (χ0v) is 19.6. The van der Waals surface area contributed by atoms with Crippen molar-refractivity contribution < 1.29 is 19.1 Å². The van der Waals surface area contributed by atoms with Crippen LogP contribution in [-0.2, 0) is 4.79 Å². The molecule has 172 valence electrons. The Bertz CT molecular complexity index is 1260. The molecule has 0 N–H and O–H groups in total. The number of rotatable bonds is 7. The Labute approximate surface area is 201 Å². The van der Waals surface area contributed by atoms with Crippen molar-refractivity contribution in [3.05, 3.63) is 90.3 Å². The number of nitrogens with zero attached hydrogens (tertiary/aromatic N) is 5. The number of aliphatic imine (C=N–C) groups is 2. The maximum atomic E-state index is 13.1. The maximum absolute atomic E-state index is 13.1. The Morgan fingerprint density at radius 2 is 1.88 bits per heavy atom. The van der Waals surface area contributed by atoms with Crippen LogP contribution in [0.25, 0.3) is 6.08 Å². The Morgan fingerprint density at radius 3 is 2.56 bits per heavy atom. The lowest BCUT2D eigenvalue weighted by atomic mass is 10.2. The molecule has 0 saturated carbocycles. The number of hydrogen-bond acceptors (Lipinski definition) is 7. The second-order valence-electron chi connectivity index (χ2n) is 7.60. The van der Waals surface area contributed by atoms with Gasteiger partial charge in [-0.25, -0.2) is 9.98 Å². The molecule has 0 unspecified atom stereocenters. The summed E-state index contributed by atoms with van der Waals surface area (Å²) in [4.78, 5) is 23.1. The number of thioether (sulfide) groups is 1. The molecular formula is C25H23N5O3S. The fourth-order valence-electron chi connectivity index (χ4n) is 3.05. The van der Waals surface area contributed by atoms with Crippen LogP contribution >= 0.6 is 11.8 Å². The smallest absolute Gasteiger partial charge is 0.320 e. The highest BCUT2D eigenvalue weighted by Crippen LogP contribution is 2.28. The molecule has 8 nitrogen and oxygen atoms in total. The fourth-order valence-corrected chi connectivity index (χ4v) is 3.85. The van der Waals surface area contributed by atoms with Gasteiger partial charge in [0.25, 0.3) is 12.1 Å². The first-order valence-electron chi connectivity index (χ1n) is 10.7. The second-order valence-corrected chi connectivity index (χ2v) is 8.54. The molecule has 0 radical (unpaired) electrons. The van der Waals surface area contributed by atoms with Gasteiger partial charge in [0.15, 0.2) is 11.2 Å². The molecule has 0 atom stereocenters. The topological polar surface area (TPSA) is 98.0 Å². The summed E-state index contributed by atoms with van der Waals surface area (Å²) in [6, 6.07) is 19.1. The van der Waals surface area contributed by atoms with E-state index in [-0.39, 0.29) is 29.3 Å². The van der Waals surface area contributed by atoms with Crippen LogP contribution in [0.4, 0.5) is 11.6 Å². The first kappa shape index (κ1) is 23.2. The first-order valence-corrected chi connectivity index (χ1v) is 11.7. The molecule has 4 rings (SSSR count). The Hall–Kier alpha value is -3.98. The van der Waals surface area contributed by atoms with Crippen molar-refractivity contribution in [1.82, 2.24) is 5.27 Å². The Balaban J connectivity index is 1.53. The first-order chi connectivity index (χ1) is 16.5. The number of carbonyl (C=O) groups excluding carboxylic acids is 1. The van der Waals surface area contributed by atoms with Crippen molar-refractivity contribution >= 4 is 46.4 Å². The summed E-state index contributed by atoms with van der Waals surface area (Å²) in [6.07, 6.45) is 6.93. The normalized spacial score (nSPS) is 15.7. The van der Waals surface area contributed by atoms with Gasteiger partial charge in [0.2, 0.25) is 5.27 Å². The highest BCUT2D eigenvalue weighted by atomic mass is 32.2. The van der Waals surface area contributed by atoms with E-state index >= 15 is 0 Å². The predicted molar refractivity (Wildman–Crippen MR) is 132 cm³/mol. The minimum absolute atomic E-state index is 0.00897. The summed E-state index contributed by atoms with van der Waals surface area (Å²) in [7, 11) is 0. The molecule has 0 spiro atoms. The highest BCUT2D eigenvalue weighted by molar-refractivity contribution is 8.14. The minimum Gasteiger partial charge on any atom is -0.861 e. The quantitative estimate of drug-likeness (QED) is 0.226. The number of para-hydroxylation sites is 1. The van der Waals surface area contributed by atoms with Crippen LogP contribution in [-0.4, -0.2) is 28.0 Å². The van der Waals surface area contributed by atoms with E-state index < -0.39 is 5.90 Å². The van der Waals surface area contributed by atoms with Gasteiger partial charge in [-0.2, -0.15) is 0 Å². The van der Waals surface area contributed by atoms with E-state index in [1.54, 1.807) is 23.0 Å². The van der Waals surface area contributed by atoms with Crippen molar-refractivity contribution in [2.75, 3.05) is 10.7 Å². The van der Waals surface area contributed by atoms with E-state index in [2.05, 4.69) is 15.3 Å². The lowest BCUT2D eigenvalue weighted by Crippen LogP contribution is -2.36. The highest BCUT2D eigenvalue weighted by Gasteiger charge is 2.31. The van der Waals surface area contributed by atoms with Crippen molar-refractivity contribution in [2.24, 2.45) is 9.98 Å². The van der Waals surface area contributed by atoms with Gasteiger partial charge >= 0.3 is 5.88 Å². The molecule has 1 amide bonds.